The van der Waals surface area contributed by atoms with Gasteiger partial charge in [-0.3, -0.25) is 4.79 Å². The van der Waals surface area contributed by atoms with Gasteiger partial charge >= 0.3 is 5.97 Å². The van der Waals surface area contributed by atoms with E-state index < -0.39 is 5.97 Å². The molecule has 1 atom stereocenters. The number of benzene rings is 3. The Bertz CT molecular complexity index is 1340. The van der Waals surface area contributed by atoms with Crippen LogP contribution in [-0.2, 0) is 11.2 Å². The highest BCUT2D eigenvalue weighted by Gasteiger charge is 2.23. The third-order valence-electron chi connectivity index (χ3n) is 6.14. The van der Waals surface area contributed by atoms with Crippen LogP contribution < -0.4 is 4.74 Å². The van der Waals surface area contributed by atoms with Crippen molar-refractivity contribution in [3.05, 3.63) is 95.1 Å². The number of carboxylic acid groups (broad SMARTS) is 1. The topological polar surface area (TPSA) is 72.6 Å². The van der Waals surface area contributed by atoms with Gasteiger partial charge in [0.2, 0.25) is 5.89 Å². The van der Waals surface area contributed by atoms with Gasteiger partial charge in [-0.05, 0) is 84.8 Å². The fourth-order valence-electron chi connectivity index (χ4n) is 4.14. The fourth-order valence-corrected chi connectivity index (χ4v) is 4.14. The number of rotatable bonds is 9. The monoisotopic (exact) mass is 487 g/mol. The molecule has 1 aromatic heterocycles. The van der Waals surface area contributed by atoms with Gasteiger partial charge in [0.25, 0.3) is 0 Å². The molecule has 3 aromatic carbocycles. The van der Waals surface area contributed by atoms with E-state index in [9.17, 15) is 9.18 Å². The Hall–Kier alpha value is -3.93. The molecule has 1 unspecified atom stereocenters. The van der Waals surface area contributed by atoms with Crippen LogP contribution in [-0.4, -0.2) is 16.1 Å². The third-order valence-corrected chi connectivity index (χ3v) is 6.14. The van der Waals surface area contributed by atoms with Crippen molar-refractivity contribution in [1.82, 2.24) is 4.98 Å². The minimum Gasteiger partial charge on any atom is -0.483 e. The number of aliphatic carboxylic acids is 1. The number of nitrogens with zero attached hydrogens (tertiary/aromatic N) is 1. The molecule has 0 aliphatic heterocycles. The molecule has 1 N–H and O–H groups in total. The van der Waals surface area contributed by atoms with Crippen LogP contribution in [0.3, 0.4) is 0 Å². The highest BCUT2D eigenvalue weighted by atomic mass is 19.1. The SMILES string of the molecule is Cc1cc(OC(C)c2oc(-c3ccc(-c4ccc(F)cc4)cc3)nc2C(C)C)ccc1CCC(=O)O. The summed E-state index contributed by atoms with van der Waals surface area (Å²) >= 11 is 0. The minimum absolute atomic E-state index is 0.0981. The Kier molecular flexibility index (Phi) is 7.53. The second-order valence-corrected chi connectivity index (χ2v) is 9.25. The molecule has 0 saturated carbocycles. The molecule has 5 nitrogen and oxygen atoms in total. The van der Waals surface area contributed by atoms with Crippen molar-refractivity contribution in [3.63, 3.8) is 0 Å². The molecule has 0 aliphatic carbocycles. The first-order valence-corrected chi connectivity index (χ1v) is 12.1. The summed E-state index contributed by atoms with van der Waals surface area (Å²) in [5, 5.41) is 8.94. The summed E-state index contributed by atoms with van der Waals surface area (Å²) < 4.78 is 25.7. The maximum atomic E-state index is 13.2. The van der Waals surface area contributed by atoms with Crippen LogP contribution in [0.5, 0.6) is 5.75 Å². The number of hydrogen-bond donors (Lipinski definition) is 1. The molecule has 1 heterocycles. The van der Waals surface area contributed by atoms with Gasteiger partial charge in [0.05, 0.1) is 5.69 Å². The molecule has 6 heteroatoms. The molecule has 36 heavy (non-hydrogen) atoms. The molecule has 186 valence electrons. The average Bonchev–Trinajstić information content (AvgIpc) is 3.30. The normalized spacial score (nSPS) is 12.1. The van der Waals surface area contributed by atoms with E-state index in [1.807, 2.05) is 56.3 Å². The average molecular weight is 488 g/mol. The smallest absolute Gasteiger partial charge is 0.303 e. The fraction of sp³-hybridized carbons (Fsp3) is 0.267. The first-order chi connectivity index (χ1) is 17.2. The summed E-state index contributed by atoms with van der Waals surface area (Å²) in [5.41, 5.74) is 5.59. The minimum atomic E-state index is -0.809. The van der Waals surface area contributed by atoms with Crippen molar-refractivity contribution in [2.75, 3.05) is 0 Å². The number of carbonyl (C=O) groups is 1. The zero-order valence-corrected chi connectivity index (χ0v) is 20.9. The van der Waals surface area contributed by atoms with Gasteiger partial charge in [-0.1, -0.05) is 44.2 Å². The van der Waals surface area contributed by atoms with Gasteiger partial charge in [-0.15, -0.1) is 0 Å². The zero-order valence-electron chi connectivity index (χ0n) is 20.9. The van der Waals surface area contributed by atoms with Crippen molar-refractivity contribution in [2.24, 2.45) is 0 Å². The van der Waals surface area contributed by atoms with E-state index in [4.69, 9.17) is 19.2 Å². The van der Waals surface area contributed by atoms with E-state index in [1.165, 1.54) is 12.1 Å². The van der Waals surface area contributed by atoms with E-state index >= 15 is 0 Å². The van der Waals surface area contributed by atoms with Crippen LogP contribution in [0.25, 0.3) is 22.6 Å². The molecule has 0 aliphatic rings. The van der Waals surface area contributed by atoms with Crippen molar-refractivity contribution in [2.45, 2.75) is 52.6 Å². The summed E-state index contributed by atoms with van der Waals surface area (Å²) in [5.74, 6) is 0.961. The quantitative estimate of drug-likeness (QED) is 0.261. The number of aryl methyl sites for hydroxylation is 2. The Morgan fingerprint density at radius 2 is 1.58 bits per heavy atom. The van der Waals surface area contributed by atoms with Crippen molar-refractivity contribution in [1.29, 1.82) is 0 Å². The van der Waals surface area contributed by atoms with E-state index in [0.29, 0.717) is 23.8 Å². The van der Waals surface area contributed by atoms with Gasteiger partial charge < -0.3 is 14.3 Å². The van der Waals surface area contributed by atoms with Crippen molar-refractivity contribution in [3.8, 4) is 28.3 Å². The maximum absolute atomic E-state index is 13.2. The summed E-state index contributed by atoms with van der Waals surface area (Å²) in [6.07, 6.45) is 0.215. The molecule has 4 rings (SSSR count). The number of hydrogen-bond acceptors (Lipinski definition) is 4. The molecule has 0 amide bonds. The van der Waals surface area contributed by atoms with E-state index in [-0.39, 0.29) is 24.3 Å². The highest BCUT2D eigenvalue weighted by molar-refractivity contribution is 5.68. The summed E-state index contributed by atoms with van der Waals surface area (Å²) in [6, 6.07) is 19.9. The highest BCUT2D eigenvalue weighted by Crippen LogP contribution is 2.34. The second-order valence-electron chi connectivity index (χ2n) is 9.25. The molecular weight excluding hydrogens is 457 g/mol. The Balaban J connectivity index is 1.54. The lowest BCUT2D eigenvalue weighted by atomic mass is 10.0. The molecule has 0 fully saturated rings. The Morgan fingerprint density at radius 1 is 0.972 bits per heavy atom. The first-order valence-electron chi connectivity index (χ1n) is 12.1. The van der Waals surface area contributed by atoms with E-state index in [2.05, 4.69) is 13.8 Å². The number of carboxylic acids is 1. The molecule has 0 radical (unpaired) electrons. The van der Waals surface area contributed by atoms with Gasteiger partial charge in [-0.25, -0.2) is 9.37 Å². The lowest BCUT2D eigenvalue weighted by Crippen LogP contribution is -2.06. The van der Waals surface area contributed by atoms with Crippen LogP contribution in [0, 0.1) is 12.7 Å². The van der Waals surface area contributed by atoms with Gasteiger partial charge in [0.1, 0.15) is 11.6 Å². The number of halogens is 1. The van der Waals surface area contributed by atoms with Crippen LogP contribution >= 0.6 is 0 Å². The zero-order chi connectivity index (χ0) is 25.8. The van der Waals surface area contributed by atoms with E-state index in [0.717, 1.165) is 33.5 Å². The summed E-state index contributed by atoms with van der Waals surface area (Å²) in [7, 11) is 0. The predicted molar refractivity (Wildman–Crippen MR) is 138 cm³/mol. The molecule has 0 spiro atoms. The Morgan fingerprint density at radius 3 is 2.17 bits per heavy atom. The lowest BCUT2D eigenvalue weighted by Gasteiger charge is -2.16. The Labute approximate surface area is 210 Å². The van der Waals surface area contributed by atoms with Crippen LogP contribution in [0.4, 0.5) is 4.39 Å². The van der Waals surface area contributed by atoms with Crippen molar-refractivity contribution >= 4 is 5.97 Å². The van der Waals surface area contributed by atoms with Gasteiger partial charge in [0, 0.05) is 12.0 Å². The number of oxazole rings is 1. The molecule has 0 bridgehead atoms. The van der Waals surface area contributed by atoms with Crippen LogP contribution in [0.2, 0.25) is 0 Å². The van der Waals surface area contributed by atoms with E-state index in [1.54, 1.807) is 12.1 Å². The van der Waals surface area contributed by atoms with Crippen molar-refractivity contribution < 1.29 is 23.4 Å². The molecular formula is C30H30FNO4. The third kappa shape index (κ3) is 5.82. The number of aromatic nitrogens is 1. The van der Waals surface area contributed by atoms with Crippen LogP contribution in [0.15, 0.2) is 71.1 Å². The first kappa shape index (κ1) is 25.2. The molecule has 4 aromatic rings. The second kappa shape index (κ2) is 10.8. The van der Waals surface area contributed by atoms with Crippen LogP contribution in [0.1, 0.15) is 61.8 Å². The maximum Gasteiger partial charge on any atom is 0.303 e. The standard InChI is InChI=1S/C30H30FNO4/c1-18(2)28-29(20(4)35-26-15-11-21(19(3)17-26)12-16-27(33)34)36-30(32-28)24-7-5-22(6-8-24)23-9-13-25(31)14-10-23/h5-11,13-15,17-18,20H,12,16H2,1-4H3,(H,33,34). The summed E-state index contributed by atoms with van der Waals surface area (Å²) in [6.45, 7) is 8.02. The predicted octanol–water partition coefficient (Wildman–Crippen LogP) is 7.74. The summed E-state index contributed by atoms with van der Waals surface area (Å²) in [4.78, 5) is 15.7. The lowest BCUT2D eigenvalue weighted by molar-refractivity contribution is -0.136. The molecule has 0 saturated heterocycles. The largest absolute Gasteiger partial charge is 0.483 e. The number of ether oxygens (including phenoxy) is 1. The van der Waals surface area contributed by atoms with Gasteiger partial charge in [-0.2, -0.15) is 0 Å². The van der Waals surface area contributed by atoms with Gasteiger partial charge in [0.15, 0.2) is 11.9 Å².